The fraction of sp³-hybridized carbons (Fsp3) is 0.375. The van der Waals surface area contributed by atoms with Gasteiger partial charge in [0.25, 0.3) is 0 Å². The maximum atomic E-state index is 13.0. The van der Waals surface area contributed by atoms with E-state index in [1.54, 1.807) is 6.07 Å². The molecule has 2 amide bonds. The number of fused-ring (bicyclic) bond motifs is 1. The Kier molecular flexibility index (Phi) is 8.94. The molecule has 2 aromatic carbocycles. The summed E-state index contributed by atoms with van der Waals surface area (Å²) in [4.78, 5) is 29.2. The Morgan fingerprint density at radius 2 is 1.90 bits per heavy atom. The van der Waals surface area contributed by atoms with Crippen LogP contribution in [0.15, 0.2) is 48.7 Å². The molecule has 41 heavy (non-hydrogen) atoms. The maximum Gasteiger partial charge on any atom is 0.315 e. The van der Waals surface area contributed by atoms with Crippen LogP contribution in [-0.2, 0) is 30.8 Å². The molecule has 2 aromatic heterocycles. The molecule has 0 unspecified atom stereocenters. The lowest BCUT2D eigenvalue weighted by Crippen LogP contribution is -2.35. The van der Waals surface area contributed by atoms with Crippen molar-refractivity contribution in [2.75, 3.05) is 18.5 Å². The van der Waals surface area contributed by atoms with Gasteiger partial charge in [0.15, 0.2) is 5.65 Å². The normalized spacial score (nSPS) is 13.7. The summed E-state index contributed by atoms with van der Waals surface area (Å²) in [6.45, 7) is 9.12. The SMILES string of the molecule is CCc1nc2c(cnn2CC)c(NC2CCOCC2)c1CNC(=O)NCc1ccc(C)c(-c2cccc(C=O)c2)c1. The van der Waals surface area contributed by atoms with Gasteiger partial charge in [-0.05, 0) is 67.5 Å². The summed E-state index contributed by atoms with van der Waals surface area (Å²) in [6, 6.07) is 13.7. The van der Waals surface area contributed by atoms with E-state index in [0.29, 0.717) is 24.7 Å². The lowest BCUT2D eigenvalue weighted by molar-refractivity contribution is 0.0904. The number of pyridine rings is 1. The zero-order valence-corrected chi connectivity index (χ0v) is 24.0. The molecule has 5 rings (SSSR count). The zero-order valence-electron chi connectivity index (χ0n) is 24.0. The van der Waals surface area contributed by atoms with E-state index >= 15 is 0 Å². The van der Waals surface area contributed by atoms with Gasteiger partial charge in [0.1, 0.15) is 6.29 Å². The molecule has 0 spiro atoms. The van der Waals surface area contributed by atoms with E-state index in [9.17, 15) is 9.59 Å². The number of hydrogen-bond acceptors (Lipinski definition) is 6. The van der Waals surface area contributed by atoms with Gasteiger partial charge in [0.05, 0.1) is 17.3 Å². The van der Waals surface area contributed by atoms with Gasteiger partial charge in [-0.1, -0.05) is 37.3 Å². The van der Waals surface area contributed by atoms with Crippen molar-refractivity contribution < 1.29 is 14.3 Å². The minimum absolute atomic E-state index is 0.251. The van der Waals surface area contributed by atoms with Crippen molar-refractivity contribution in [2.45, 2.75) is 65.7 Å². The minimum atomic E-state index is -0.251. The van der Waals surface area contributed by atoms with Crippen LogP contribution in [0.1, 0.15) is 59.4 Å². The number of aromatic nitrogens is 3. The summed E-state index contributed by atoms with van der Waals surface area (Å²) in [5, 5.41) is 15.3. The average Bonchev–Trinajstić information content (AvgIpc) is 3.43. The van der Waals surface area contributed by atoms with Crippen LogP contribution in [0.2, 0.25) is 0 Å². The average molecular weight is 555 g/mol. The molecule has 214 valence electrons. The lowest BCUT2D eigenvalue weighted by Gasteiger charge is -2.26. The number of carbonyl (C=O) groups is 2. The van der Waals surface area contributed by atoms with Crippen LogP contribution < -0.4 is 16.0 Å². The summed E-state index contributed by atoms with van der Waals surface area (Å²) in [5.41, 5.74) is 8.53. The molecule has 9 nitrogen and oxygen atoms in total. The van der Waals surface area contributed by atoms with Crippen LogP contribution in [0.4, 0.5) is 10.5 Å². The third-order valence-electron chi connectivity index (χ3n) is 7.69. The smallest absolute Gasteiger partial charge is 0.315 e. The third kappa shape index (κ3) is 6.41. The van der Waals surface area contributed by atoms with Gasteiger partial charge in [-0.15, -0.1) is 0 Å². The van der Waals surface area contributed by atoms with Gasteiger partial charge in [0.2, 0.25) is 0 Å². The van der Waals surface area contributed by atoms with Crippen molar-refractivity contribution >= 4 is 29.0 Å². The van der Waals surface area contributed by atoms with Gasteiger partial charge >= 0.3 is 6.03 Å². The van der Waals surface area contributed by atoms with Crippen LogP contribution in [0.3, 0.4) is 0 Å². The summed E-state index contributed by atoms with van der Waals surface area (Å²) < 4.78 is 7.48. The number of hydrogen-bond donors (Lipinski definition) is 3. The first-order valence-electron chi connectivity index (χ1n) is 14.4. The number of carbonyl (C=O) groups excluding carboxylic acids is 2. The van der Waals surface area contributed by atoms with Crippen molar-refractivity contribution in [1.82, 2.24) is 25.4 Å². The van der Waals surface area contributed by atoms with Gasteiger partial charge in [-0.2, -0.15) is 5.10 Å². The van der Waals surface area contributed by atoms with E-state index in [-0.39, 0.29) is 6.03 Å². The molecule has 0 aliphatic carbocycles. The van der Waals surface area contributed by atoms with E-state index in [1.807, 2.05) is 48.1 Å². The molecule has 4 aromatic rings. The highest BCUT2D eigenvalue weighted by Crippen LogP contribution is 2.31. The standard InChI is InChI=1S/C32H38N6O3/c1-4-29-27(30(36-25-11-13-41-14-12-25)28-19-35-38(5-2)31(28)37-29)18-34-32(40)33-17-22-10-9-21(3)26(16-22)24-8-6-7-23(15-24)20-39/h6-10,15-16,19-20,25H,4-5,11-14,17-18H2,1-3H3,(H,36,37)(H2,33,34,40). The summed E-state index contributed by atoms with van der Waals surface area (Å²) in [7, 11) is 0. The number of aldehydes is 1. The van der Waals surface area contributed by atoms with Crippen LogP contribution in [0, 0.1) is 6.92 Å². The van der Waals surface area contributed by atoms with Crippen LogP contribution >= 0.6 is 0 Å². The Labute approximate surface area is 240 Å². The number of nitrogens with one attached hydrogen (secondary N) is 3. The summed E-state index contributed by atoms with van der Waals surface area (Å²) >= 11 is 0. The van der Waals surface area contributed by atoms with Gasteiger partial charge in [0, 0.05) is 55.7 Å². The van der Waals surface area contributed by atoms with Crippen LogP contribution in [0.5, 0.6) is 0 Å². The second-order valence-electron chi connectivity index (χ2n) is 10.4. The molecule has 3 heterocycles. The molecular formula is C32H38N6O3. The largest absolute Gasteiger partial charge is 0.381 e. The Bertz CT molecular complexity index is 1540. The molecule has 1 fully saturated rings. The number of ether oxygens (including phenoxy) is 1. The molecule has 9 heteroatoms. The van der Waals surface area contributed by atoms with E-state index in [0.717, 1.165) is 95.5 Å². The fourth-order valence-corrected chi connectivity index (χ4v) is 5.38. The molecule has 0 saturated carbocycles. The topological polar surface area (TPSA) is 110 Å². The second kappa shape index (κ2) is 13.0. The molecule has 0 atom stereocenters. The minimum Gasteiger partial charge on any atom is -0.381 e. The number of anilines is 1. The Hall–Kier alpha value is -4.24. The quantitative estimate of drug-likeness (QED) is 0.227. The summed E-state index contributed by atoms with van der Waals surface area (Å²) in [5.74, 6) is 0. The highest BCUT2D eigenvalue weighted by molar-refractivity contribution is 5.92. The first-order chi connectivity index (χ1) is 20.0. The van der Waals surface area contributed by atoms with E-state index in [2.05, 4.69) is 41.0 Å². The number of aryl methyl sites for hydroxylation is 3. The Morgan fingerprint density at radius 1 is 1.10 bits per heavy atom. The molecule has 1 aliphatic heterocycles. The predicted octanol–water partition coefficient (Wildman–Crippen LogP) is 5.39. The number of benzene rings is 2. The monoisotopic (exact) mass is 554 g/mol. The maximum absolute atomic E-state index is 13.0. The van der Waals surface area contributed by atoms with Crippen LogP contribution in [-0.4, -0.2) is 46.3 Å². The molecule has 1 aliphatic rings. The van der Waals surface area contributed by atoms with E-state index in [1.165, 1.54) is 0 Å². The van der Waals surface area contributed by atoms with Crippen molar-refractivity contribution in [3.05, 3.63) is 76.6 Å². The van der Waals surface area contributed by atoms with Gasteiger partial charge < -0.3 is 20.7 Å². The fourth-order valence-electron chi connectivity index (χ4n) is 5.38. The Morgan fingerprint density at radius 3 is 2.66 bits per heavy atom. The Balaban J connectivity index is 1.32. The first kappa shape index (κ1) is 28.3. The van der Waals surface area contributed by atoms with E-state index in [4.69, 9.17) is 9.72 Å². The number of rotatable bonds is 10. The van der Waals surface area contributed by atoms with Crippen molar-refractivity contribution in [3.8, 4) is 11.1 Å². The molecular weight excluding hydrogens is 516 g/mol. The predicted molar refractivity (Wildman–Crippen MR) is 161 cm³/mol. The summed E-state index contributed by atoms with van der Waals surface area (Å²) in [6.07, 6.45) is 5.32. The van der Waals surface area contributed by atoms with Gasteiger partial charge in [-0.3, -0.25) is 4.79 Å². The number of amides is 2. The molecule has 0 bridgehead atoms. The third-order valence-corrected chi connectivity index (χ3v) is 7.69. The van der Waals surface area contributed by atoms with Crippen molar-refractivity contribution in [2.24, 2.45) is 0 Å². The van der Waals surface area contributed by atoms with Gasteiger partial charge in [-0.25, -0.2) is 14.5 Å². The highest BCUT2D eigenvalue weighted by atomic mass is 16.5. The van der Waals surface area contributed by atoms with E-state index < -0.39 is 0 Å². The molecule has 1 saturated heterocycles. The highest BCUT2D eigenvalue weighted by Gasteiger charge is 2.22. The van der Waals surface area contributed by atoms with Crippen molar-refractivity contribution in [3.63, 3.8) is 0 Å². The number of nitrogens with zero attached hydrogens (tertiary/aromatic N) is 3. The molecule has 0 radical (unpaired) electrons. The first-order valence-corrected chi connectivity index (χ1v) is 14.4. The lowest BCUT2D eigenvalue weighted by atomic mass is 9.97. The zero-order chi connectivity index (χ0) is 28.8. The van der Waals surface area contributed by atoms with Crippen molar-refractivity contribution in [1.29, 1.82) is 0 Å². The van der Waals surface area contributed by atoms with Crippen LogP contribution in [0.25, 0.3) is 22.2 Å². The second-order valence-corrected chi connectivity index (χ2v) is 10.4. The number of urea groups is 1. The molecule has 3 N–H and O–H groups in total.